The van der Waals surface area contributed by atoms with E-state index in [0.29, 0.717) is 0 Å². The smallest absolute Gasteiger partial charge is 0.0208 e. The Hall–Kier alpha value is -1.60. The van der Waals surface area contributed by atoms with E-state index in [9.17, 15) is 0 Å². The fraction of sp³-hybridized carbons (Fsp3) is 0.333. The molecule has 1 heteroatoms. The number of nitrogens with one attached hydrogen (secondary N) is 1. The van der Waals surface area contributed by atoms with Crippen molar-refractivity contribution in [1.29, 1.82) is 0 Å². The first-order valence-electron chi connectivity index (χ1n) is 7.14. The molecule has 2 aromatic rings. The van der Waals surface area contributed by atoms with E-state index in [1.54, 1.807) is 0 Å². The van der Waals surface area contributed by atoms with Gasteiger partial charge in [0.05, 0.1) is 0 Å². The van der Waals surface area contributed by atoms with Gasteiger partial charge in [0.15, 0.2) is 0 Å². The first-order chi connectivity index (χ1) is 9.30. The third kappa shape index (κ3) is 3.05. The van der Waals surface area contributed by atoms with E-state index in [1.807, 2.05) is 7.05 Å². The van der Waals surface area contributed by atoms with Gasteiger partial charge in [0.25, 0.3) is 0 Å². The van der Waals surface area contributed by atoms with Crippen LogP contribution in [0.25, 0.3) is 11.1 Å². The zero-order valence-electron chi connectivity index (χ0n) is 12.2. The van der Waals surface area contributed by atoms with Crippen molar-refractivity contribution in [2.45, 2.75) is 33.2 Å². The Morgan fingerprint density at radius 1 is 0.842 bits per heavy atom. The molecular formula is C18H23N. The van der Waals surface area contributed by atoms with E-state index >= 15 is 0 Å². The topological polar surface area (TPSA) is 12.0 Å². The van der Waals surface area contributed by atoms with Gasteiger partial charge in [-0.15, -0.1) is 0 Å². The molecule has 0 atom stereocenters. The Balaban J connectivity index is 2.56. The summed E-state index contributed by atoms with van der Waals surface area (Å²) in [4.78, 5) is 0. The van der Waals surface area contributed by atoms with Crippen LogP contribution < -0.4 is 5.32 Å². The molecule has 0 aliphatic rings. The molecule has 0 aliphatic carbocycles. The number of aryl methyl sites for hydroxylation is 2. The minimum atomic E-state index is 0.912. The van der Waals surface area contributed by atoms with Crippen molar-refractivity contribution in [2.75, 3.05) is 7.05 Å². The van der Waals surface area contributed by atoms with Crippen LogP contribution in [0.1, 0.15) is 30.5 Å². The van der Waals surface area contributed by atoms with E-state index in [0.717, 1.165) is 19.4 Å². The molecule has 100 valence electrons. The monoisotopic (exact) mass is 253 g/mol. The van der Waals surface area contributed by atoms with Crippen molar-refractivity contribution in [2.24, 2.45) is 0 Å². The van der Waals surface area contributed by atoms with Gasteiger partial charge in [-0.1, -0.05) is 56.3 Å². The normalized spacial score (nSPS) is 10.7. The van der Waals surface area contributed by atoms with Crippen molar-refractivity contribution in [3.05, 3.63) is 59.2 Å². The fourth-order valence-electron chi connectivity index (χ4n) is 2.53. The van der Waals surface area contributed by atoms with Gasteiger partial charge in [-0.2, -0.15) is 0 Å². The maximum atomic E-state index is 3.26. The van der Waals surface area contributed by atoms with Crippen LogP contribution in [0.5, 0.6) is 0 Å². The van der Waals surface area contributed by atoms with E-state index < -0.39 is 0 Å². The van der Waals surface area contributed by atoms with Crippen molar-refractivity contribution >= 4 is 0 Å². The molecule has 0 amide bonds. The van der Waals surface area contributed by atoms with Crippen molar-refractivity contribution in [3.63, 3.8) is 0 Å². The summed E-state index contributed by atoms with van der Waals surface area (Å²) in [6.45, 7) is 5.35. The summed E-state index contributed by atoms with van der Waals surface area (Å²) in [6, 6.07) is 15.6. The summed E-state index contributed by atoms with van der Waals surface area (Å²) in [7, 11) is 2.00. The highest BCUT2D eigenvalue weighted by atomic mass is 14.8. The molecule has 0 fully saturated rings. The molecule has 0 spiro atoms. The molecule has 2 rings (SSSR count). The third-order valence-corrected chi connectivity index (χ3v) is 3.64. The third-order valence-electron chi connectivity index (χ3n) is 3.64. The summed E-state index contributed by atoms with van der Waals surface area (Å²) >= 11 is 0. The molecule has 0 saturated heterocycles. The van der Waals surface area contributed by atoms with Crippen molar-refractivity contribution in [1.82, 2.24) is 5.32 Å². The lowest BCUT2D eigenvalue weighted by molar-refractivity contribution is 0.819. The molecule has 0 aliphatic heterocycles. The second-order valence-corrected chi connectivity index (χ2v) is 4.89. The quantitative estimate of drug-likeness (QED) is 0.842. The molecule has 2 aromatic carbocycles. The maximum absolute atomic E-state index is 3.26. The van der Waals surface area contributed by atoms with E-state index in [-0.39, 0.29) is 0 Å². The zero-order valence-corrected chi connectivity index (χ0v) is 12.2. The largest absolute Gasteiger partial charge is 0.316 e. The lowest BCUT2D eigenvalue weighted by Gasteiger charge is -2.14. The minimum Gasteiger partial charge on any atom is -0.316 e. The fourth-order valence-corrected chi connectivity index (χ4v) is 2.53. The highest BCUT2D eigenvalue weighted by Gasteiger charge is 2.08. The first kappa shape index (κ1) is 13.8. The second-order valence-electron chi connectivity index (χ2n) is 4.89. The summed E-state index contributed by atoms with van der Waals surface area (Å²) in [6.07, 6.45) is 2.17. The number of hydrogen-bond acceptors (Lipinski definition) is 1. The molecule has 1 nitrogen and oxygen atoms in total. The standard InChI is InChI=1S/C18H23N/c1-4-14-10-11-15(5-2)18(12-14)17-9-7-6-8-16(17)13-19-3/h6-12,19H,4-5,13H2,1-3H3. The van der Waals surface area contributed by atoms with Crippen LogP contribution in [0, 0.1) is 0 Å². The van der Waals surface area contributed by atoms with Crippen LogP contribution in [0.2, 0.25) is 0 Å². The zero-order chi connectivity index (χ0) is 13.7. The SMILES string of the molecule is CCc1ccc(CC)c(-c2ccccc2CNC)c1. The Bertz CT molecular complexity index is 543. The predicted octanol–water partition coefficient (Wildman–Crippen LogP) is 4.20. The molecule has 1 N–H and O–H groups in total. The highest BCUT2D eigenvalue weighted by molar-refractivity contribution is 5.71. The van der Waals surface area contributed by atoms with E-state index in [4.69, 9.17) is 0 Å². The van der Waals surface area contributed by atoms with Gasteiger partial charge in [-0.25, -0.2) is 0 Å². The molecule has 19 heavy (non-hydrogen) atoms. The Kier molecular flexibility index (Phi) is 4.75. The van der Waals surface area contributed by atoms with E-state index in [2.05, 4.69) is 61.6 Å². The highest BCUT2D eigenvalue weighted by Crippen LogP contribution is 2.29. The van der Waals surface area contributed by atoms with Crippen molar-refractivity contribution in [3.8, 4) is 11.1 Å². The Morgan fingerprint density at radius 3 is 2.32 bits per heavy atom. The average Bonchev–Trinajstić information content (AvgIpc) is 2.47. The van der Waals surface area contributed by atoms with Gasteiger partial charge < -0.3 is 5.32 Å². The maximum Gasteiger partial charge on any atom is 0.0208 e. The van der Waals surface area contributed by atoms with Crippen LogP contribution >= 0.6 is 0 Å². The van der Waals surface area contributed by atoms with Crippen LogP contribution in [-0.4, -0.2) is 7.05 Å². The van der Waals surface area contributed by atoms with Gasteiger partial charge in [0, 0.05) is 6.54 Å². The molecule has 0 aromatic heterocycles. The van der Waals surface area contributed by atoms with Crippen LogP contribution in [0.3, 0.4) is 0 Å². The van der Waals surface area contributed by atoms with Crippen LogP contribution in [0.15, 0.2) is 42.5 Å². The molecular weight excluding hydrogens is 230 g/mol. The van der Waals surface area contributed by atoms with Crippen LogP contribution in [-0.2, 0) is 19.4 Å². The van der Waals surface area contributed by atoms with Gasteiger partial charge in [0.2, 0.25) is 0 Å². The molecule has 0 heterocycles. The van der Waals surface area contributed by atoms with Crippen molar-refractivity contribution < 1.29 is 0 Å². The van der Waals surface area contributed by atoms with Gasteiger partial charge >= 0.3 is 0 Å². The lowest BCUT2D eigenvalue weighted by Crippen LogP contribution is -2.06. The summed E-state index contributed by atoms with van der Waals surface area (Å²) in [5.74, 6) is 0. The summed E-state index contributed by atoms with van der Waals surface area (Å²) in [5.41, 5.74) is 6.97. The number of benzene rings is 2. The first-order valence-corrected chi connectivity index (χ1v) is 7.14. The molecule has 0 radical (unpaired) electrons. The number of hydrogen-bond donors (Lipinski definition) is 1. The van der Waals surface area contributed by atoms with Gasteiger partial charge in [-0.3, -0.25) is 0 Å². The molecule has 0 bridgehead atoms. The minimum absolute atomic E-state index is 0.912. The Morgan fingerprint density at radius 2 is 1.63 bits per heavy atom. The summed E-state index contributed by atoms with van der Waals surface area (Å²) in [5, 5.41) is 3.26. The lowest BCUT2D eigenvalue weighted by atomic mass is 9.92. The van der Waals surface area contributed by atoms with Crippen LogP contribution in [0.4, 0.5) is 0 Å². The second kappa shape index (κ2) is 6.53. The number of rotatable bonds is 5. The molecule has 0 unspecified atom stereocenters. The Labute approximate surface area is 116 Å². The van der Waals surface area contributed by atoms with Gasteiger partial charge in [-0.05, 0) is 47.7 Å². The molecule has 0 saturated carbocycles. The average molecular weight is 253 g/mol. The predicted molar refractivity (Wildman–Crippen MR) is 83.4 cm³/mol. The van der Waals surface area contributed by atoms with E-state index in [1.165, 1.54) is 27.8 Å². The van der Waals surface area contributed by atoms with Gasteiger partial charge in [0.1, 0.15) is 0 Å². The summed E-state index contributed by atoms with van der Waals surface area (Å²) < 4.78 is 0.